The topological polar surface area (TPSA) is 6.48 Å². The summed E-state index contributed by atoms with van der Waals surface area (Å²) in [5.41, 5.74) is 0.426. The molecular formula is C12H26N2. The van der Waals surface area contributed by atoms with Gasteiger partial charge in [0.2, 0.25) is 0 Å². The molecule has 1 heterocycles. The first-order valence-electron chi connectivity index (χ1n) is 5.74. The fourth-order valence-electron chi connectivity index (χ4n) is 2.31. The zero-order valence-electron chi connectivity index (χ0n) is 10.7. The number of likely N-dealkylation sites (N-methyl/N-ethyl adjacent to an activating group) is 1. The van der Waals surface area contributed by atoms with Crippen molar-refractivity contribution in [3.8, 4) is 0 Å². The standard InChI is InChI=1S/C12H26N2/c1-10-7-14(9-12(3,4)5)8-11(2)13(10)6/h10-11H,7-9H2,1-6H3/t10-,11-/m1/s1. The Morgan fingerprint density at radius 2 is 1.50 bits per heavy atom. The molecule has 0 aromatic carbocycles. The van der Waals surface area contributed by atoms with Gasteiger partial charge in [0.15, 0.2) is 0 Å². The molecule has 2 nitrogen and oxygen atoms in total. The van der Waals surface area contributed by atoms with E-state index in [-0.39, 0.29) is 0 Å². The average molecular weight is 198 g/mol. The molecule has 1 fully saturated rings. The van der Waals surface area contributed by atoms with Gasteiger partial charge in [-0.15, -0.1) is 0 Å². The quantitative estimate of drug-likeness (QED) is 0.636. The van der Waals surface area contributed by atoms with E-state index in [1.807, 2.05) is 0 Å². The summed E-state index contributed by atoms with van der Waals surface area (Å²) in [5, 5.41) is 0. The Bertz CT molecular complexity index is 171. The Hall–Kier alpha value is -0.0800. The highest BCUT2D eigenvalue weighted by Gasteiger charge is 2.28. The van der Waals surface area contributed by atoms with Gasteiger partial charge in [-0.3, -0.25) is 9.80 Å². The second kappa shape index (κ2) is 4.19. The van der Waals surface area contributed by atoms with Crippen molar-refractivity contribution in [2.24, 2.45) is 5.41 Å². The van der Waals surface area contributed by atoms with Crippen LogP contribution < -0.4 is 0 Å². The SMILES string of the molecule is C[C@@H]1CN(CC(C)(C)C)C[C@@H](C)N1C. The summed E-state index contributed by atoms with van der Waals surface area (Å²) in [6.45, 7) is 15.3. The van der Waals surface area contributed by atoms with Crippen LogP contribution in [0.25, 0.3) is 0 Å². The molecule has 1 aliphatic heterocycles. The van der Waals surface area contributed by atoms with Crippen LogP contribution in [-0.4, -0.2) is 48.6 Å². The Balaban J connectivity index is 2.50. The largest absolute Gasteiger partial charge is 0.300 e. The van der Waals surface area contributed by atoms with Crippen LogP contribution in [0.5, 0.6) is 0 Å². The maximum Gasteiger partial charge on any atom is 0.0195 e. The summed E-state index contributed by atoms with van der Waals surface area (Å²) >= 11 is 0. The molecule has 2 heteroatoms. The molecule has 0 spiro atoms. The summed E-state index contributed by atoms with van der Waals surface area (Å²) in [6.07, 6.45) is 0. The molecule has 84 valence electrons. The van der Waals surface area contributed by atoms with E-state index < -0.39 is 0 Å². The maximum absolute atomic E-state index is 2.61. The number of piperazine rings is 1. The number of nitrogens with zero attached hydrogens (tertiary/aromatic N) is 2. The number of rotatable bonds is 1. The van der Waals surface area contributed by atoms with Crippen molar-refractivity contribution in [1.29, 1.82) is 0 Å². The lowest BCUT2D eigenvalue weighted by Crippen LogP contribution is -2.56. The highest BCUT2D eigenvalue weighted by molar-refractivity contribution is 4.84. The van der Waals surface area contributed by atoms with Gasteiger partial charge >= 0.3 is 0 Å². The molecule has 14 heavy (non-hydrogen) atoms. The molecule has 0 bridgehead atoms. The van der Waals surface area contributed by atoms with Crippen LogP contribution in [0.2, 0.25) is 0 Å². The summed E-state index contributed by atoms with van der Waals surface area (Å²) < 4.78 is 0. The van der Waals surface area contributed by atoms with Gasteiger partial charge < -0.3 is 0 Å². The maximum atomic E-state index is 2.61. The molecule has 0 amide bonds. The minimum atomic E-state index is 0.426. The van der Waals surface area contributed by atoms with E-state index in [0.717, 1.165) is 0 Å². The van der Waals surface area contributed by atoms with Crippen LogP contribution in [0.1, 0.15) is 34.6 Å². The van der Waals surface area contributed by atoms with Crippen LogP contribution in [0.4, 0.5) is 0 Å². The molecule has 0 saturated carbocycles. The molecule has 0 aromatic rings. The van der Waals surface area contributed by atoms with Gasteiger partial charge in [-0.25, -0.2) is 0 Å². The summed E-state index contributed by atoms with van der Waals surface area (Å²) in [4.78, 5) is 5.09. The van der Waals surface area contributed by atoms with Gasteiger partial charge in [0, 0.05) is 31.7 Å². The molecule has 1 saturated heterocycles. The Labute approximate surface area is 89.3 Å². The van der Waals surface area contributed by atoms with Crippen molar-refractivity contribution in [3.63, 3.8) is 0 Å². The van der Waals surface area contributed by atoms with Gasteiger partial charge in [-0.1, -0.05) is 20.8 Å². The Morgan fingerprint density at radius 3 is 1.86 bits per heavy atom. The van der Waals surface area contributed by atoms with Crippen molar-refractivity contribution in [2.75, 3.05) is 26.7 Å². The molecule has 0 aliphatic carbocycles. The lowest BCUT2D eigenvalue weighted by molar-refractivity contribution is 0.0415. The van der Waals surface area contributed by atoms with E-state index in [4.69, 9.17) is 0 Å². The van der Waals surface area contributed by atoms with E-state index >= 15 is 0 Å². The van der Waals surface area contributed by atoms with Crippen molar-refractivity contribution in [1.82, 2.24) is 9.80 Å². The normalized spacial score (nSPS) is 32.1. The zero-order valence-corrected chi connectivity index (χ0v) is 10.7. The van der Waals surface area contributed by atoms with E-state index in [1.54, 1.807) is 0 Å². The monoisotopic (exact) mass is 198 g/mol. The van der Waals surface area contributed by atoms with Crippen molar-refractivity contribution in [2.45, 2.75) is 46.7 Å². The first-order valence-corrected chi connectivity index (χ1v) is 5.74. The third kappa shape index (κ3) is 3.25. The first-order chi connectivity index (χ1) is 6.29. The molecule has 1 rings (SSSR count). The van der Waals surface area contributed by atoms with Gasteiger partial charge in [-0.05, 0) is 26.3 Å². The molecule has 2 atom stereocenters. The Morgan fingerprint density at radius 1 is 1.07 bits per heavy atom. The van der Waals surface area contributed by atoms with Crippen LogP contribution in [0, 0.1) is 5.41 Å². The zero-order chi connectivity index (χ0) is 10.9. The highest BCUT2D eigenvalue weighted by Crippen LogP contribution is 2.20. The van der Waals surface area contributed by atoms with Crippen LogP contribution >= 0.6 is 0 Å². The van der Waals surface area contributed by atoms with Gasteiger partial charge in [0.25, 0.3) is 0 Å². The lowest BCUT2D eigenvalue weighted by Gasteiger charge is -2.44. The fourth-order valence-corrected chi connectivity index (χ4v) is 2.31. The van der Waals surface area contributed by atoms with E-state index in [1.165, 1.54) is 19.6 Å². The van der Waals surface area contributed by atoms with Crippen molar-refractivity contribution in [3.05, 3.63) is 0 Å². The molecule has 0 unspecified atom stereocenters. The second-order valence-corrected chi connectivity index (χ2v) is 6.12. The predicted octanol–water partition coefficient (Wildman–Crippen LogP) is 2.06. The van der Waals surface area contributed by atoms with Crippen LogP contribution in [-0.2, 0) is 0 Å². The lowest BCUT2D eigenvalue weighted by atomic mass is 9.94. The second-order valence-electron chi connectivity index (χ2n) is 6.12. The van der Waals surface area contributed by atoms with Crippen LogP contribution in [0.15, 0.2) is 0 Å². The van der Waals surface area contributed by atoms with E-state index in [9.17, 15) is 0 Å². The fraction of sp³-hybridized carbons (Fsp3) is 1.00. The Kier molecular flexibility index (Phi) is 3.59. The minimum absolute atomic E-state index is 0.426. The molecule has 0 radical (unpaired) electrons. The van der Waals surface area contributed by atoms with E-state index in [0.29, 0.717) is 17.5 Å². The number of hydrogen-bond donors (Lipinski definition) is 0. The summed E-state index contributed by atoms with van der Waals surface area (Å²) in [6, 6.07) is 1.39. The molecule has 0 aromatic heterocycles. The van der Waals surface area contributed by atoms with Gasteiger partial charge in [0.05, 0.1) is 0 Å². The highest BCUT2D eigenvalue weighted by atomic mass is 15.3. The van der Waals surface area contributed by atoms with Crippen molar-refractivity contribution < 1.29 is 0 Å². The van der Waals surface area contributed by atoms with Crippen LogP contribution in [0.3, 0.4) is 0 Å². The van der Waals surface area contributed by atoms with Gasteiger partial charge in [-0.2, -0.15) is 0 Å². The first kappa shape index (κ1) is 12.0. The van der Waals surface area contributed by atoms with E-state index in [2.05, 4.69) is 51.5 Å². The smallest absolute Gasteiger partial charge is 0.0195 e. The average Bonchev–Trinajstić information content (AvgIpc) is 1.96. The molecule has 0 N–H and O–H groups in total. The summed E-state index contributed by atoms with van der Waals surface area (Å²) in [5.74, 6) is 0. The summed E-state index contributed by atoms with van der Waals surface area (Å²) in [7, 11) is 2.24. The molecular weight excluding hydrogens is 172 g/mol. The minimum Gasteiger partial charge on any atom is -0.300 e. The molecule has 1 aliphatic rings. The number of hydrogen-bond acceptors (Lipinski definition) is 2. The third-order valence-electron chi connectivity index (χ3n) is 3.13. The predicted molar refractivity (Wildman–Crippen MR) is 62.6 cm³/mol. The van der Waals surface area contributed by atoms with Gasteiger partial charge in [0.1, 0.15) is 0 Å². The van der Waals surface area contributed by atoms with Crippen molar-refractivity contribution >= 4 is 0 Å². The third-order valence-corrected chi connectivity index (χ3v) is 3.13.